The number of hydrogen-bond donors (Lipinski definition) is 2. The van der Waals surface area contributed by atoms with Crippen molar-refractivity contribution < 1.29 is 55.8 Å². The molecule has 3 aliphatic rings. The highest BCUT2D eigenvalue weighted by atomic mass is 32.7. The molecule has 12 nitrogen and oxygen atoms in total. The largest absolute Gasteiger partial charge is 0.472 e. The van der Waals surface area contributed by atoms with E-state index in [0.29, 0.717) is 19.3 Å². The number of phosphoric acid groups is 1. The lowest BCUT2D eigenvalue weighted by Gasteiger charge is -2.29. The van der Waals surface area contributed by atoms with Crippen molar-refractivity contribution in [3.05, 3.63) is 0 Å². The van der Waals surface area contributed by atoms with Crippen LogP contribution in [-0.2, 0) is 50.9 Å². The van der Waals surface area contributed by atoms with Crippen LogP contribution >= 0.6 is 26.9 Å². The third-order valence-electron chi connectivity index (χ3n) is 6.68. The molecule has 3 saturated heterocycles. The fourth-order valence-electron chi connectivity index (χ4n) is 5.07. The second-order valence-corrected chi connectivity index (χ2v) is 17.5. The van der Waals surface area contributed by atoms with Gasteiger partial charge in [0.15, 0.2) is 0 Å². The highest BCUT2D eigenvalue weighted by molar-refractivity contribution is 8.44. The van der Waals surface area contributed by atoms with Gasteiger partial charge < -0.3 is 28.6 Å². The van der Waals surface area contributed by atoms with E-state index in [1.54, 1.807) is 0 Å². The summed E-state index contributed by atoms with van der Waals surface area (Å²) in [6.45, 7) is 7.63. The van der Waals surface area contributed by atoms with Gasteiger partial charge in [-0.15, -0.1) is 0 Å². The Labute approximate surface area is 252 Å². The fraction of sp³-hybridized carbons (Fsp3) is 1.00. The molecule has 0 bridgehead atoms. The Morgan fingerprint density at radius 3 is 1.68 bits per heavy atom. The zero-order valence-electron chi connectivity index (χ0n) is 25.7. The molecule has 0 radical (unpaired) electrons. The molecule has 3 heterocycles. The van der Waals surface area contributed by atoms with Gasteiger partial charge in [0, 0.05) is 18.0 Å². The van der Waals surface area contributed by atoms with Crippen LogP contribution in [0, 0.1) is 0 Å². The Morgan fingerprint density at radius 1 is 0.732 bits per heavy atom. The van der Waals surface area contributed by atoms with Crippen LogP contribution in [0.4, 0.5) is 0 Å². The number of phosphoric ester groups is 1. The topological polar surface area (TPSA) is 137 Å². The van der Waals surface area contributed by atoms with Crippen molar-refractivity contribution in [2.45, 2.75) is 127 Å². The van der Waals surface area contributed by atoms with Crippen molar-refractivity contribution in [3.63, 3.8) is 0 Å². The van der Waals surface area contributed by atoms with E-state index in [-0.39, 0.29) is 49.5 Å². The Hall–Kier alpha value is 0.605. The summed E-state index contributed by atoms with van der Waals surface area (Å²) in [6, 6.07) is -0.464. The molecule has 41 heavy (non-hydrogen) atoms. The molecule has 18 heteroatoms. The van der Waals surface area contributed by atoms with Crippen LogP contribution in [-0.4, -0.2) is 114 Å². The maximum atomic E-state index is 13.2. The quantitative estimate of drug-likeness (QED) is 0.170. The van der Waals surface area contributed by atoms with E-state index in [1.807, 2.05) is 65.1 Å². The van der Waals surface area contributed by atoms with Crippen LogP contribution in [0.25, 0.3) is 0 Å². The lowest BCUT2D eigenvalue weighted by atomic mass is 9.96. The van der Waals surface area contributed by atoms with Gasteiger partial charge in [0.25, 0.3) is 0 Å². The number of hydrogen-bond acceptors (Lipinski definition) is 11. The third kappa shape index (κ3) is 12.5. The summed E-state index contributed by atoms with van der Waals surface area (Å²) >= 11 is 4.17. The van der Waals surface area contributed by atoms with Crippen molar-refractivity contribution in [3.8, 4) is 0 Å². The summed E-state index contributed by atoms with van der Waals surface area (Å²) in [5.41, 5.74) is -0.771. The summed E-state index contributed by atoms with van der Waals surface area (Å²) in [7, 11) is 1.12. The van der Waals surface area contributed by atoms with Gasteiger partial charge in [-0.25, -0.2) is 9.13 Å². The van der Waals surface area contributed by atoms with Gasteiger partial charge in [-0.1, -0.05) is 12.2 Å². The monoisotopic (exact) mass is 642 g/mol. The Balaban J connectivity index is 1.52. The standard InChI is InChI=1S/C23H47B3O12P2S/c1-22(2,3)30-10-16-14(8-20(25)33-16)37-39(27,28)31-11-18-15(9-21(26)35-18)38-40(29,41)32-12-17-13(7-19(24)34-17)36-23(4,5)6/h13-21H,7-12,24-26H2,1-6H3,(H,27,28)(H,29,41)/t13-,14-,15-,16-,17-,18-,19-,20-,21-,40+/m1/s1. The molecule has 1 N–H and O–H groups in total. The van der Waals surface area contributed by atoms with E-state index in [1.165, 1.54) is 0 Å². The SMILES string of the molecule is B[C@H]1C[C@@H](OC(C)(C)C)[C@@H](CO[P@](=O)(S)O[C@@H]2C[C@H](B)O[C@@H]2COP(=O)(O)O[C@@H]2C[C@H](B)O[C@@H]2COC(C)(C)C)O1. The first-order valence-corrected chi connectivity index (χ1v) is 18.5. The molecule has 0 aromatic rings. The van der Waals surface area contributed by atoms with Crippen molar-refractivity contribution in [2.75, 3.05) is 19.8 Å². The first-order chi connectivity index (χ1) is 18.7. The molecule has 3 fully saturated rings. The minimum Gasteiger partial charge on any atom is -0.379 e. The van der Waals surface area contributed by atoms with Crippen LogP contribution in [0.1, 0.15) is 60.8 Å². The number of thiol groups is 1. The second-order valence-electron chi connectivity index (χ2n) is 13.2. The molecule has 3 rings (SSSR count). The first-order valence-electron chi connectivity index (χ1n) is 14.3. The van der Waals surface area contributed by atoms with Crippen molar-refractivity contribution in [2.24, 2.45) is 0 Å². The third-order valence-corrected chi connectivity index (χ3v) is 9.34. The highest BCUT2D eigenvalue weighted by Gasteiger charge is 2.44. The molecule has 236 valence electrons. The Bertz CT molecular complexity index is 954. The maximum Gasteiger partial charge on any atom is 0.472 e. The molecule has 0 amide bonds. The van der Waals surface area contributed by atoms with Gasteiger partial charge in [0.05, 0.1) is 49.3 Å². The summed E-state index contributed by atoms with van der Waals surface area (Å²) in [5, 5.41) is 0. The maximum absolute atomic E-state index is 13.2. The van der Waals surface area contributed by atoms with E-state index in [4.69, 9.17) is 41.8 Å². The van der Waals surface area contributed by atoms with Crippen LogP contribution in [0.5, 0.6) is 0 Å². The van der Waals surface area contributed by atoms with Crippen molar-refractivity contribution in [1.29, 1.82) is 0 Å². The second kappa shape index (κ2) is 14.4. The molecular weight excluding hydrogens is 595 g/mol. The van der Waals surface area contributed by atoms with E-state index in [2.05, 4.69) is 12.2 Å². The van der Waals surface area contributed by atoms with Gasteiger partial charge in [-0.2, -0.15) is 0 Å². The molecule has 0 aromatic carbocycles. The first kappa shape index (κ1) is 36.1. The van der Waals surface area contributed by atoms with E-state index < -0.39 is 50.7 Å². The molecule has 0 spiro atoms. The Morgan fingerprint density at radius 2 is 1.17 bits per heavy atom. The van der Waals surface area contributed by atoms with Gasteiger partial charge in [0.1, 0.15) is 41.9 Å². The lowest BCUT2D eigenvalue weighted by molar-refractivity contribution is -0.0975. The average molecular weight is 642 g/mol. The normalized spacial score (nSPS) is 37.7. The van der Waals surface area contributed by atoms with E-state index >= 15 is 0 Å². The fourth-order valence-corrected chi connectivity index (χ4v) is 7.56. The van der Waals surface area contributed by atoms with Crippen molar-refractivity contribution >= 4 is 50.4 Å². The van der Waals surface area contributed by atoms with Crippen LogP contribution < -0.4 is 0 Å². The summed E-state index contributed by atoms with van der Waals surface area (Å²) in [4.78, 5) is 10.5. The molecule has 3 aliphatic heterocycles. The smallest absolute Gasteiger partial charge is 0.379 e. The average Bonchev–Trinajstić information content (AvgIpc) is 3.43. The van der Waals surface area contributed by atoms with Gasteiger partial charge in [-0.05, 0) is 60.8 Å². The summed E-state index contributed by atoms with van der Waals surface area (Å²) < 4.78 is 77.6. The molecule has 0 aromatic heterocycles. The zero-order chi connectivity index (χ0) is 30.8. The molecule has 0 aliphatic carbocycles. The highest BCUT2D eigenvalue weighted by Crippen LogP contribution is 2.56. The predicted octanol–water partition coefficient (Wildman–Crippen LogP) is 1.17. The molecular formula is C23H47B3O12P2S. The number of ether oxygens (including phenoxy) is 5. The van der Waals surface area contributed by atoms with Gasteiger partial charge in [0.2, 0.25) is 0 Å². The molecule has 1 unspecified atom stereocenters. The Kier molecular flexibility index (Phi) is 12.6. The van der Waals surface area contributed by atoms with Crippen molar-refractivity contribution in [1.82, 2.24) is 0 Å². The van der Waals surface area contributed by atoms with Crippen LogP contribution in [0.15, 0.2) is 0 Å². The molecule has 11 atom stereocenters. The predicted molar refractivity (Wildman–Crippen MR) is 164 cm³/mol. The summed E-state index contributed by atoms with van der Waals surface area (Å²) in [5.74, 6) is 0. The number of rotatable bonds is 13. The van der Waals surface area contributed by atoms with Gasteiger partial charge in [-0.3, -0.25) is 18.1 Å². The zero-order valence-corrected chi connectivity index (χ0v) is 28.4. The lowest BCUT2D eigenvalue weighted by Crippen LogP contribution is -2.35. The van der Waals surface area contributed by atoms with Gasteiger partial charge >= 0.3 is 14.6 Å². The minimum atomic E-state index is -4.50. The molecule has 0 saturated carbocycles. The van der Waals surface area contributed by atoms with E-state index in [0.717, 1.165) is 0 Å². The van der Waals surface area contributed by atoms with Crippen LogP contribution in [0.2, 0.25) is 0 Å². The minimum absolute atomic E-state index is 0.0292. The van der Waals surface area contributed by atoms with Crippen LogP contribution in [0.3, 0.4) is 0 Å². The van der Waals surface area contributed by atoms with E-state index in [9.17, 15) is 14.0 Å². The summed E-state index contributed by atoms with van der Waals surface area (Å²) in [6.07, 6.45) is -1.92.